The highest BCUT2D eigenvalue weighted by molar-refractivity contribution is 6.13. The Morgan fingerprint density at radius 1 is 1.14 bits per heavy atom. The number of nitrogens with zero attached hydrogens (tertiary/aromatic N) is 1. The van der Waals surface area contributed by atoms with Gasteiger partial charge in [0.15, 0.2) is 0 Å². The third-order valence-electron chi connectivity index (χ3n) is 4.12. The summed E-state index contributed by atoms with van der Waals surface area (Å²) in [7, 11) is 0. The molecule has 1 amide bonds. The third-order valence-corrected chi connectivity index (χ3v) is 4.12. The Kier molecular flexibility index (Phi) is 5.58. The highest BCUT2D eigenvalue weighted by atomic mass is 19.1. The second-order valence-electron chi connectivity index (χ2n) is 7.78. The number of amides is 1. The second kappa shape index (κ2) is 7.92. The molecule has 6 heteroatoms. The summed E-state index contributed by atoms with van der Waals surface area (Å²) in [5.74, 6) is -1.37. The van der Waals surface area contributed by atoms with Gasteiger partial charge in [-0.25, -0.2) is 8.78 Å². The molecule has 0 saturated carbocycles. The van der Waals surface area contributed by atoms with Crippen molar-refractivity contribution in [2.75, 3.05) is 5.32 Å². The number of aliphatic imine (C=N–C) groups is 1. The van der Waals surface area contributed by atoms with Gasteiger partial charge in [0, 0.05) is 35.5 Å². The van der Waals surface area contributed by atoms with E-state index >= 15 is 0 Å². The summed E-state index contributed by atoms with van der Waals surface area (Å²) >= 11 is 0. The maximum Gasteiger partial charge on any atom is 0.244 e. The van der Waals surface area contributed by atoms with Gasteiger partial charge in [-0.3, -0.25) is 9.79 Å². The predicted octanol–water partition coefficient (Wildman–Crippen LogP) is 4.35. The Labute approximate surface area is 163 Å². The lowest BCUT2D eigenvalue weighted by Gasteiger charge is -2.18. The molecule has 0 atom stereocenters. The van der Waals surface area contributed by atoms with Crippen molar-refractivity contribution < 1.29 is 13.6 Å². The molecule has 3 rings (SSSR count). The molecule has 0 saturated heterocycles. The fourth-order valence-corrected chi connectivity index (χ4v) is 2.94. The van der Waals surface area contributed by atoms with E-state index in [9.17, 15) is 13.6 Å². The molecule has 2 aromatic rings. The summed E-state index contributed by atoms with van der Waals surface area (Å²) < 4.78 is 26.6. The van der Waals surface area contributed by atoms with Gasteiger partial charge in [-0.15, -0.1) is 0 Å². The van der Waals surface area contributed by atoms with E-state index in [1.807, 2.05) is 39.0 Å². The van der Waals surface area contributed by atoms with Gasteiger partial charge in [-0.2, -0.15) is 0 Å². The van der Waals surface area contributed by atoms with Gasteiger partial charge in [0.25, 0.3) is 0 Å². The molecule has 0 unspecified atom stereocenters. The van der Waals surface area contributed by atoms with E-state index in [-0.39, 0.29) is 11.4 Å². The Morgan fingerprint density at radius 2 is 1.86 bits per heavy atom. The van der Waals surface area contributed by atoms with E-state index in [1.165, 1.54) is 18.2 Å². The minimum Gasteiger partial charge on any atom is -0.381 e. The maximum absolute atomic E-state index is 13.3. The number of benzene rings is 2. The second-order valence-corrected chi connectivity index (χ2v) is 7.78. The molecule has 28 heavy (non-hydrogen) atoms. The Hall–Kier alpha value is -3.02. The van der Waals surface area contributed by atoms with E-state index in [4.69, 9.17) is 0 Å². The quantitative estimate of drug-likeness (QED) is 0.754. The summed E-state index contributed by atoms with van der Waals surface area (Å²) in [6.45, 7) is 6.62. The van der Waals surface area contributed by atoms with Crippen molar-refractivity contribution in [2.24, 2.45) is 4.99 Å². The van der Waals surface area contributed by atoms with Gasteiger partial charge in [0.1, 0.15) is 11.6 Å². The molecule has 0 fully saturated rings. The molecule has 2 N–H and O–H groups in total. The fourth-order valence-electron chi connectivity index (χ4n) is 2.94. The zero-order valence-corrected chi connectivity index (χ0v) is 16.1. The first-order chi connectivity index (χ1) is 13.2. The topological polar surface area (TPSA) is 53.5 Å². The minimum absolute atomic E-state index is 0.175. The first-order valence-electron chi connectivity index (χ1n) is 9.06. The molecule has 146 valence electrons. The molecular formula is C22H23F2N3O. The zero-order chi connectivity index (χ0) is 20.3. The summed E-state index contributed by atoms with van der Waals surface area (Å²) in [4.78, 5) is 16.5. The number of rotatable bonds is 5. The SMILES string of the molecule is CC(C)(C)NC(=O)/C=C/C1=NCc2ccc(NCc3cc(F)cc(F)c3)cc21. The first kappa shape index (κ1) is 19.7. The number of halogens is 2. The Bertz CT molecular complexity index is 938. The number of nitrogens with one attached hydrogen (secondary N) is 2. The van der Waals surface area contributed by atoms with E-state index < -0.39 is 11.6 Å². The number of carbonyl (C=O) groups excluding carboxylic acids is 1. The van der Waals surface area contributed by atoms with Gasteiger partial charge in [0.05, 0.1) is 12.3 Å². The van der Waals surface area contributed by atoms with E-state index in [0.29, 0.717) is 18.7 Å². The van der Waals surface area contributed by atoms with Gasteiger partial charge < -0.3 is 10.6 Å². The first-order valence-corrected chi connectivity index (χ1v) is 9.06. The normalized spacial score (nSPS) is 13.4. The average molecular weight is 383 g/mol. The third kappa shape index (κ3) is 5.25. The number of allylic oxidation sites excluding steroid dienone is 1. The van der Waals surface area contributed by atoms with Crippen LogP contribution in [0.15, 0.2) is 53.5 Å². The van der Waals surface area contributed by atoms with Crippen LogP contribution in [0.2, 0.25) is 0 Å². The van der Waals surface area contributed by atoms with E-state index in [1.54, 1.807) is 6.08 Å². The van der Waals surface area contributed by atoms with Crippen LogP contribution in [0.25, 0.3) is 0 Å². The molecule has 0 aromatic heterocycles. The molecule has 1 aliphatic heterocycles. The molecule has 4 nitrogen and oxygen atoms in total. The standard InChI is InChI=1S/C22H23F2N3O/c1-22(2,3)27-21(28)7-6-20-19-11-18(5-4-15(19)13-26-20)25-12-14-8-16(23)10-17(24)9-14/h4-11,25H,12-13H2,1-3H3,(H,27,28)/b7-6+. The zero-order valence-electron chi connectivity index (χ0n) is 16.1. The lowest BCUT2D eigenvalue weighted by molar-refractivity contribution is -0.117. The summed E-state index contributed by atoms with van der Waals surface area (Å²) in [6.07, 6.45) is 3.19. The van der Waals surface area contributed by atoms with Crippen LogP contribution < -0.4 is 10.6 Å². The van der Waals surface area contributed by atoms with E-state index in [2.05, 4.69) is 15.6 Å². The molecule has 0 radical (unpaired) electrons. The number of hydrogen-bond acceptors (Lipinski definition) is 3. The van der Waals surface area contributed by atoms with Crippen LogP contribution in [0.1, 0.15) is 37.5 Å². The van der Waals surface area contributed by atoms with Crippen molar-refractivity contribution in [3.05, 3.63) is 76.9 Å². The molecule has 0 bridgehead atoms. The van der Waals surface area contributed by atoms with E-state index in [0.717, 1.165) is 28.6 Å². The van der Waals surface area contributed by atoms with Crippen LogP contribution in [0.3, 0.4) is 0 Å². The van der Waals surface area contributed by atoms with Crippen LogP contribution in [-0.4, -0.2) is 17.2 Å². The molecule has 1 heterocycles. The van der Waals surface area contributed by atoms with Crippen LogP contribution in [0.4, 0.5) is 14.5 Å². The molecule has 2 aromatic carbocycles. The Balaban J connectivity index is 1.69. The van der Waals surface area contributed by atoms with Crippen LogP contribution in [0.5, 0.6) is 0 Å². The average Bonchev–Trinajstić information content (AvgIpc) is 2.98. The van der Waals surface area contributed by atoms with Crippen molar-refractivity contribution >= 4 is 17.3 Å². The molecule has 1 aliphatic rings. The maximum atomic E-state index is 13.3. The smallest absolute Gasteiger partial charge is 0.244 e. The number of hydrogen-bond donors (Lipinski definition) is 2. The van der Waals surface area contributed by atoms with Crippen molar-refractivity contribution in [1.29, 1.82) is 0 Å². The highest BCUT2D eigenvalue weighted by Gasteiger charge is 2.16. The number of anilines is 1. The van der Waals surface area contributed by atoms with Crippen molar-refractivity contribution in [2.45, 2.75) is 39.4 Å². The van der Waals surface area contributed by atoms with Gasteiger partial charge in [-0.1, -0.05) is 6.07 Å². The number of carbonyl (C=O) groups is 1. The summed E-state index contributed by atoms with van der Waals surface area (Å²) in [5, 5.41) is 6.04. The fraction of sp³-hybridized carbons (Fsp3) is 0.273. The summed E-state index contributed by atoms with van der Waals surface area (Å²) in [6, 6.07) is 9.25. The minimum atomic E-state index is -0.598. The van der Waals surface area contributed by atoms with Crippen LogP contribution >= 0.6 is 0 Å². The molecule has 0 aliphatic carbocycles. The van der Waals surface area contributed by atoms with Crippen LogP contribution in [0, 0.1) is 11.6 Å². The Morgan fingerprint density at radius 3 is 2.54 bits per heavy atom. The largest absolute Gasteiger partial charge is 0.381 e. The van der Waals surface area contributed by atoms with Gasteiger partial charge >= 0.3 is 0 Å². The lowest BCUT2D eigenvalue weighted by Crippen LogP contribution is -2.39. The molecule has 0 spiro atoms. The van der Waals surface area contributed by atoms with Crippen LogP contribution in [-0.2, 0) is 17.9 Å². The highest BCUT2D eigenvalue weighted by Crippen LogP contribution is 2.24. The van der Waals surface area contributed by atoms with Gasteiger partial charge in [-0.05, 0) is 62.2 Å². The lowest BCUT2D eigenvalue weighted by atomic mass is 10.0. The predicted molar refractivity (Wildman–Crippen MR) is 107 cm³/mol. The van der Waals surface area contributed by atoms with Crippen molar-refractivity contribution in [1.82, 2.24) is 5.32 Å². The number of fused-ring (bicyclic) bond motifs is 1. The molecular weight excluding hydrogens is 360 g/mol. The monoisotopic (exact) mass is 383 g/mol. The summed E-state index contributed by atoms with van der Waals surface area (Å²) in [5.41, 5.74) is 3.77. The van der Waals surface area contributed by atoms with Crippen molar-refractivity contribution in [3.63, 3.8) is 0 Å². The van der Waals surface area contributed by atoms with Gasteiger partial charge in [0.2, 0.25) is 5.91 Å². The van der Waals surface area contributed by atoms with Crippen molar-refractivity contribution in [3.8, 4) is 0 Å².